The first kappa shape index (κ1) is 8.58. The maximum Gasteiger partial charge on any atom is 0.427 e. The summed E-state index contributed by atoms with van der Waals surface area (Å²) >= 11 is 0.579. The van der Waals surface area contributed by atoms with Crippen LogP contribution >= 0.6 is 11.3 Å². The summed E-state index contributed by atoms with van der Waals surface area (Å²) in [4.78, 5) is 2.78. The van der Waals surface area contributed by atoms with Gasteiger partial charge in [0.25, 0.3) is 0 Å². The second kappa shape index (κ2) is 2.85. The van der Waals surface area contributed by atoms with Crippen LogP contribution in [-0.2, 0) is 12.5 Å². The first-order valence-corrected chi connectivity index (χ1v) is 3.57. The zero-order valence-corrected chi connectivity index (χ0v) is 6.17. The Hall–Kier alpha value is -0.515. The van der Waals surface area contributed by atoms with Crippen LogP contribution in [-0.4, -0.2) is 12.8 Å². The Morgan fingerprint density at radius 1 is 1.55 bits per heavy atom. The van der Waals surface area contributed by atoms with E-state index in [1.165, 1.54) is 0 Å². The van der Waals surface area contributed by atoms with Gasteiger partial charge in [-0.1, -0.05) is 0 Å². The standard InChI is InChI=1S/C5H3BF3NS/c6-1-4-10-2-3(11-4)5(7,8)9/h2H,1H2. The van der Waals surface area contributed by atoms with Crippen molar-refractivity contribution in [1.29, 1.82) is 0 Å². The fourth-order valence-electron chi connectivity index (χ4n) is 0.536. The summed E-state index contributed by atoms with van der Waals surface area (Å²) in [6.45, 7) is 0. The number of halogens is 3. The van der Waals surface area contributed by atoms with Crippen molar-refractivity contribution in [3.63, 3.8) is 0 Å². The minimum atomic E-state index is -4.29. The zero-order chi connectivity index (χ0) is 8.48. The lowest BCUT2D eigenvalue weighted by Gasteiger charge is -1.99. The Labute approximate surface area is 66.7 Å². The van der Waals surface area contributed by atoms with Gasteiger partial charge >= 0.3 is 6.18 Å². The highest BCUT2D eigenvalue weighted by atomic mass is 32.1. The van der Waals surface area contributed by atoms with Gasteiger partial charge in [-0.3, -0.25) is 0 Å². The number of rotatable bonds is 1. The Morgan fingerprint density at radius 2 is 2.18 bits per heavy atom. The molecule has 1 rings (SSSR count). The van der Waals surface area contributed by atoms with Gasteiger partial charge in [-0.2, -0.15) is 13.2 Å². The van der Waals surface area contributed by atoms with Crippen molar-refractivity contribution in [3.05, 3.63) is 16.1 Å². The molecule has 0 amide bonds. The normalized spacial score (nSPS) is 11.9. The van der Waals surface area contributed by atoms with Gasteiger partial charge in [0.05, 0.1) is 19.1 Å². The second-order valence-electron chi connectivity index (χ2n) is 1.82. The van der Waals surface area contributed by atoms with Gasteiger partial charge in [-0.05, 0) is 6.32 Å². The Morgan fingerprint density at radius 3 is 2.45 bits per heavy atom. The van der Waals surface area contributed by atoms with Crippen LogP contribution in [0.2, 0.25) is 0 Å². The van der Waals surface area contributed by atoms with Gasteiger partial charge in [0.15, 0.2) is 0 Å². The van der Waals surface area contributed by atoms with Crippen LogP contribution in [0.1, 0.15) is 9.88 Å². The number of hydrogen-bond acceptors (Lipinski definition) is 2. The number of aromatic nitrogens is 1. The molecule has 6 heteroatoms. The fourth-order valence-corrected chi connectivity index (χ4v) is 1.20. The van der Waals surface area contributed by atoms with Crippen molar-refractivity contribution >= 4 is 19.2 Å². The largest absolute Gasteiger partial charge is 0.427 e. The van der Waals surface area contributed by atoms with E-state index in [2.05, 4.69) is 4.98 Å². The second-order valence-corrected chi connectivity index (χ2v) is 2.94. The third-order valence-corrected chi connectivity index (χ3v) is 2.07. The molecule has 1 aromatic rings. The highest BCUT2D eigenvalue weighted by Crippen LogP contribution is 2.33. The predicted octanol–water partition coefficient (Wildman–Crippen LogP) is 1.83. The van der Waals surface area contributed by atoms with Gasteiger partial charge in [0.2, 0.25) is 0 Å². The average molecular weight is 177 g/mol. The maximum atomic E-state index is 11.9. The molecule has 0 aliphatic carbocycles. The van der Waals surface area contributed by atoms with Gasteiger partial charge in [-0.25, -0.2) is 4.98 Å². The number of thiazole rings is 1. The molecule has 0 N–H and O–H groups in total. The van der Waals surface area contributed by atoms with Crippen LogP contribution in [0.4, 0.5) is 13.2 Å². The summed E-state index contributed by atoms with van der Waals surface area (Å²) in [5.41, 5.74) is 0. The molecule has 0 unspecified atom stereocenters. The number of nitrogens with zero attached hydrogens (tertiary/aromatic N) is 1. The van der Waals surface area contributed by atoms with Gasteiger partial charge in [-0.15, -0.1) is 11.3 Å². The average Bonchev–Trinajstić information content (AvgIpc) is 2.32. The van der Waals surface area contributed by atoms with E-state index in [9.17, 15) is 13.2 Å². The minimum Gasteiger partial charge on any atom is -0.250 e. The van der Waals surface area contributed by atoms with E-state index in [-0.39, 0.29) is 6.32 Å². The van der Waals surface area contributed by atoms with Gasteiger partial charge in [0, 0.05) is 0 Å². The van der Waals surface area contributed by atoms with Crippen LogP contribution in [0.25, 0.3) is 0 Å². The van der Waals surface area contributed by atoms with Crippen LogP contribution in [0, 0.1) is 0 Å². The molecule has 1 aromatic heterocycles. The summed E-state index contributed by atoms with van der Waals surface area (Å²) in [6, 6.07) is 0. The highest BCUT2D eigenvalue weighted by molar-refractivity contribution is 7.11. The van der Waals surface area contributed by atoms with Gasteiger partial charge in [0.1, 0.15) is 4.88 Å². The molecule has 0 aliphatic rings. The quantitative estimate of drug-likeness (QED) is 0.596. The Balaban J connectivity index is 2.89. The van der Waals surface area contributed by atoms with Crippen LogP contribution in [0.5, 0.6) is 0 Å². The lowest BCUT2D eigenvalue weighted by atomic mass is 10.1. The van der Waals surface area contributed by atoms with Crippen LogP contribution < -0.4 is 0 Å². The van der Waals surface area contributed by atoms with E-state index in [1.807, 2.05) is 0 Å². The molecule has 0 aromatic carbocycles. The summed E-state index contributed by atoms with van der Waals surface area (Å²) in [6.07, 6.45) is -3.43. The molecule has 0 fully saturated rings. The van der Waals surface area contributed by atoms with E-state index < -0.39 is 11.1 Å². The summed E-state index contributed by atoms with van der Waals surface area (Å²) < 4.78 is 35.6. The fraction of sp³-hybridized carbons (Fsp3) is 0.400. The van der Waals surface area contributed by atoms with Crippen LogP contribution in [0.15, 0.2) is 6.20 Å². The van der Waals surface area contributed by atoms with E-state index >= 15 is 0 Å². The molecule has 11 heavy (non-hydrogen) atoms. The minimum absolute atomic E-state index is 0.0563. The molecule has 0 atom stereocenters. The maximum absolute atomic E-state index is 11.9. The van der Waals surface area contributed by atoms with E-state index in [4.69, 9.17) is 7.85 Å². The van der Waals surface area contributed by atoms with E-state index in [1.54, 1.807) is 0 Å². The molecule has 58 valence electrons. The first-order valence-electron chi connectivity index (χ1n) is 2.76. The lowest BCUT2D eigenvalue weighted by Crippen LogP contribution is -2.00. The van der Waals surface area contributed by atoms with Crippen molar-refractivity contribution in [2.45, 2.75) is 12.5 Å². The zero-order valence-electron chi connectivity index (χ0n) is 5.35. The monoisotopic (exact) mass is 177 g/mol. The number of hydrogen-bond donors (Lipinski definition) is 0. The molecule has 0 bridgehead atoms. The molecule has 0 saturated heterocycles. The smallest absolute Gasteiger partial charge is 0.250 e. The summed E-state index contributed by atoms with van der Waals surface area (Å²) in [7, 11) is 5.09. The molecular formula is C5H3BF3NS. The third-order valence-electron chi connectivity index (χ3n) is 1.01. The Kier molecular flexibility index (Phi) is 2.22. The SMILES string of the molecule is [B]Cc1ncc(C(F)(F)F)s1. The predicted molar refractivity (Wildman–Crippen MR) is 36.6 cm³/mol. The topological polar surface area (TPSA) is 12.9 Å². The third kappa shape index (κ3) is 1.96. The molecule has 0 aliphatic heterocycles. The van der Waals surface area contributed by atoms with E-state index in [0.29, 0.717) is 16.3 Å². The molecule has 0 spiro atoms. The molecule has 1 nitrogen and oxygen atoms in total. The van der Waals surface area contributed by atoms with Crippen molar-refractivity contribution < 1.29 is 13.2 Å². The molecule has 1 heterocycles. The van der Waals surface area contributed by atoms with Crippen molar-refractivity contribution in [2.24, 2.45) is 0 Å². The summed E-state index contributed by atoms with van der Waals surface area (Å²) in [5, 5.41) is 0.303. The number of alkyl halides is 3. The van der Waals surface area contributed by atoms with Crippen molar-refractivity contribution in [3.8, 4) is 0 Å². The van der Waals surface area contributed by atoms with E-state index in [0.717, 1.165) is 6.20 Å². The van der Waals surface area contributed by atoms with Crippen molar-refractivity contribution in [2.75, 3.05) is 0 Å². The lowest BCUT2D eigenvalue weighted by molar-refractivity contribution is -0.134. The first-order chi connectivity index (χ1) is 5.04. The van der Waals surface area contributed by atoms with Crippen molar-refractivity contribution in [1.82, 2.24) is 4.98 Å². The van der Waals surface area contributed by atoms with Gasteiger partial charge < -0.3 is 0 Å². The molecular weight excluding hydrogens is 174 g/mol. The Bertz CT molecular complexity index is 244. The van der Waals surface area contributed by atoms with Crippen LogP contribution in [0.3, 0.4) is 0 Å². The molecule has 0 saturated carbocycles. The summed E-state index contributed by atoms with van der Waals surface area (Å²) in [5.74, 6) is 0. The highest BCUT2D eigenvalue weighted by Gasteiger charge is 2.32. The molecule has 2 radical (unpaired) electrons.